The number of nitro benzene ring substituents is 1. The number of carbonyl (C=O) groups is 1. The third kappa shape index (κ3) is 6.21. The van der Waals surface area contributed by atoms with Gasteiger partial charge in [0.15, 0.2) is 0 Å². The zero-order valence-electron chi connectivity index (χ0n) is 13.0. The lowest BCUT2D eigenvalue weighted by molar-refractivity contribution is -0.384. The largest absolute Gasteiger partial charge is 0.450 e. The van der Waals surface area contributed by atoms with Crippen molar-refractivity contribution in [2.45, 2.75) is 33.2 Å². The average Bonchev–Trinajstić information content (AvgIpc) is 2.37. The van der Waals surface area contributed by atoms with Crippen molar-refractivity contribution in [2.24, 2.45) is 4.99 Å². The molecule has 1 rings (SSSR count). The second-order valence-corrected chi connectivity index (χ2v) is 5.41. The molecule has 0 saturated heterocycles. The molecule has 0 aliphatic rings. The maximum Gasteiger partial charge on any atom is 0.413 e. The van der Waals surface area contributed by atoms with E-state index in [0.29, 0.717) is 5.69 Å². The molecular weight excluding hydrogens is 288 g/mol. The molecule has 120 valence electrons. The summed E-state index contributed by atoms with van der Waals surface area (Å²) in [6.07, 6.45) is -0.625. The monoisotopic (exact) mass is 308 g/mol. The lowest BCUT2D eigenvalue weighted by Gasteiger charge is -2.17. The molecule has 0 aromatic heterocycles. The number of guanidine groups is 1. The molecule has 0 aliphatic heterocycles. The lowest BCUT2D eigenvalue weighted by atomic mass is 10.1. The number of aliphatic imine (C=N–C) groups is 1. The Labute approximate surface area is 128 Å². The molecule has 0 atom stereocenters. The first-order valence-electron chi connectivity index (χ1n) is 6.76. The van der Waals surface area contributed by atoms with E-state index < -0.39 is 16.6 Å². The van der Waals surface area contributed by atoms with Crippen LogP contribution in [0.15, 0.2) is 29.3 Å². The Balaban J connectivity index is 2.90. The molecule has 0 unspecified atom stereocenters. The summed E-state index contributed by atoms with van der Waals surface area (Å²) in [6, 6.07) is 5.79. The first-order valence-corrected chi connectivity index (χ1v) is 6.76. The van der Waals surface area contributed by atoms with E-state index in [1.807, 2.05) is 20.8 Å². The summed E-state index contributed by atoms with van der Waals surface area (Å²) in [5, 5.41) is 16.0. The Morgan fingerprint density at radius 2 is 1.91 bits per heavy atom. The maximum atomic E-state index is 11.5. The molecule has 0 heterocycles. The van der Waals surface area contributed by atoms with Crippen LogP contribution in [0.4, 0.5) is 16.2 Å². The van der Waals surface area contributed by atoms with Gasteiger partial charge in [-0.2, -0.15) is 0 Å². The third-order valence-electron chi connectivity index (χ3n) is 2.28. The van der Waals surface area contributed by atoms with E-state index in [1.165, 1.54) is 24.3 Å². The van der Waals surface area contributed by atoms with Crippen LogP contribution < -0.4 is 10.6 Å². The third-order valence-corrected chi connectivity index (χ3v) is 2.28. The van der Waals surface area contributed by atoms with E-state index >= 15 is 0 Å². The van der Waals surface area contributed by atoms with Gasteiger partial charge in [0, 0.05) is 17.8 Å². The summed E-state index contributed by atoms with van der Waals surface area (Å²) in [5.74, 6) is 0.208. The smallest absolute Gasteiger partial charge is 0.413 e. The summed E-state index contributed by atoms with van der Waals surface area (Å²) in [4.78, 5) is 26.0. The zero-order valence-corrected chi connectivity index (χ0v) is 13.0. The normalized spacial score (nSPS) is 11.7. The molecule has 8 heteroatoms. The number of hydrogen-bond donors (Lipinski definition) is 2. The van der Waals surface area contributed by atoms with E-state index in [2.05, 4.69) is 15.6 Å². The molecular formula is C14H20N4O4. The fraction of sp³-hybridized carbons (Fsp3) is 0.429. The molecule has 1 aromatic rings. The van der Waals surface area contributed by atoms with Gasteiger partial charge in [-0.1, -0.05) is 0 Å². The summed E-state index contributed by atoms with van der Waals surface area (Å²) in [5.41, 5.74) is 0.117. The highest BCUT2D eigenvalue weighted by molar-refractivity contribution is 6.02. The number of nitrogens with zero attached hydrogens (tertiary/aromatic N) is 2. The number of amides is 1. The highest BCUT2D eigenvalue weighted by atomic mass is 16.6. The molecule has 0 aliphatic carbocycles. The number of nitro groups is 1. The molecule has 0 spiro atoms. The van der Waals surface area contributed by atoms with Crippen molar-refractivity contribution in [1.29, 1.82) is 0 Å². The highest BCUT2D eigenvalue weighted by Gasteiger charge is 2.14. The Kier molecular flexibility index (Phi) is 5.85. The number of hydrogen-bond acceptors (Lipinski definition) is 5. The van der Waals surface area contributed by atoms with E-state index in [4.69, 9.17) is 4.74 Å². The Hall–Kier alpha value is -2.64. The highest BCUT2D eigenvalue weighted by Crippen LogP contribution is 2.16. The van der Waals surface area contributed by atoms with Crippen LogP contribution in [-0.4, -0.2) is 29.1 Å². The van der Waals surface area contributed by atoms with Crippen LogP contribution in [0.3, 0.4) is 0 Å². The van der Waals surface area contributed by atoms with Crippen molar-refractivity contribution >= 4 is 23.4 Å². The van der Waals surface area contributed by atoms with Crippen LogP contribution in [-0.2, 0) is 4.74 Å². The number of nitrogens with one attached hydrogen (secondary N) is 2. The van der Waals surface area contributed by atoms with Crippen molar-refractivity contribution in [3.63, 3.8) is 0 Å². The topological polar surface area (TPSA) is 106 Å². The number of non-ortho nitro benzene ring substituents is 1. The predicted molar refractivity (Wildman–Crippen MR) is 84.1 cm³/mol. The fourth-order valence-electron chi connectivity index (χ4n) is 1.49. The van der Waals surface area contributed by atoms with Crippen LogP contribution >= 0.6 is 0 Å². The standard InChI is InChI=1S/C14H20N4O4/c1-5-22-13(19)16-12(17-14(2,3)4)15-10-6-8-11(9-7-10)18(20)21/h6-9H,5H2,1-4H3,(H2,15,16,17,19). The van der Waals surface area contributed by atoms with Crippen LogP contribution in [0.25, 0.3) is 0 Å². The number of alkyl carbamates (subject to hydrolysis) is 1. The first-order chi connectivity index (χ1) is 10.2. The SMILES string of the molecule is CCOC(=O)NC(=NC(C)(C)C)Nc1ccc([N+](=O)[O-])cc1. The number of carbonyl (C=O) groups excluding carboxylic acids is 1. The molecule has 1 aromatic carbocycles. The van der Waals surface area contributed by atoms with Gasteiger partial charge in [-0.3, -0.25) is 15.4 Å². The summed E-state index contributed by atoms with van der Waals surface area (Å²) in [7, 11) is 0. The molecule has 0 radical (unpaired) electrons. The Morgan fingerprint density at radius 3 is 2.36 bits per heavy atom. The van der Waals surface area contributed by atoms with Gasteiger partial charge in [-0.25, -0.2) is 9.79 Å². The number of anilines is 1. The van der Waals surface area contributed by atoms with Crippen LogP contribution in [0.1, 0.15) is 27.7 Å². The van der Waals surface area contributed by atoms with Gasteiger partial charge in [-0.05, 0) is 39.8 Å². The minimum atomic E-state index is -0.625. The van der Waals surface area contributed by atoms with E-state index in [0.717, 1.165) is 0 Å². The van der Waals surface area contributed by atoms with Gasteiger partial charge < -0.3 is 10.1 Å². The minimum Gasteiger partial charge on any atom is -0.450 e. The molecule has 1 amide bonds. The summed E-state index contributed by atoms with van der Waals surface area (Å²) < 4.78 is 4.81. The number of rotatable bonds is 3. The summed E-state index contributed by atoms with van der Waals surface area (Å²) >= 11 is 0. The fourth-order valence-corrected chi connectivity index (χ4v) is 1.49. The van der Waals surface area contributed by atoms with Crippen molar-refractivity contribution in [1.82, 2.24) is 5.32 Å². The van der Waals surface area contributed by atoms with E-state index in [1.54, 1.807) is 6.92 Å². The van der Waals surface area contributed by atoms with Crippen molar-refractivity contribution in [3.8, 4) is 0 Å². The van der Waals surface area contributed by atoms with Gasteiger partial charge in [-0.15, -0.1) is 0 Å². The predicted octanol–water partition coefficient (Wildman–Crippen LogP) is 2.91. The van der Waals surface area contributed by atoms with E-state index in [-0.39, 0.29) is 18.3 Å². The lowest BCUT2D eigenvalue weighted by Crippen LogP contribution is -2.38. The van der Waals surface area contributed by atoms with Crippen molar-refractivity contribution in [2.75, 3.05) is 11.9 Å². The molecule has 8 nitrogen and oxygen atoms in total. The molecule has 2 N–H and O–H groups in total. The average molecular weight is 308 g/mol. The molecule has 0 bridgehead atoms. The second-order valence-electron chi connectivity index (χ2n) is 5.41. The van der Waals surface area contributed by atoms with Gasteiger partial charge >= 0.3 is 6.09 Å². The zero-order chi connectivity index (χ0) is 16.8. The molecule has 0 fully saturated rings. The van der Waals surface area contributed by atoms with Gasteiger partial charge in [0.1, 0.15) is 0 Å². The number of ether oxygens (including phenoxy) is 1. The minimum absolute atomic E-state index is 0.0155. The van der Waals surface area contributed by atoms with E-state index in [9.17, 15) is 14.9 Å². The van der Waals surface area contributed by atoms with Crippen LogP contribution in [0, 0.1) is 10.1 Å². The first kappa shape index (κ1) is 17.4. The maximum absolute atomic E-state index is 11.5. The van der Waals surface area contributed by atoms with Gasteiger partial charge in [0.25, 0.3) is 5.69 Å². The second kappa shape index (κ2) is 7.39. The Morgan fingerprint density at radius 1 is 1.32 bits per heavy atom. The molecule has 22 heavy (non-hydrogen) atoms. The number of benzene rings is 1. The molecule has 0 saturated carbocycles. The quantitative estimate of drug-likeness (QED) is 0.386. The van der Waals surface area contributed by atoms with Crippen LogP contribution in [0.5, 0.6) is 0 Å². The van der Waals surface area contributed by atoms with Crippen molar-refractivity contribution in [3.05, 3.63) is 34.4 Å². The van der Waals surface area contributed by atoms with Crippen molar-refractivity contribution < 1.29 is 14.5 Å². The van der Waals surface area contributed by atoms with Crippen LogP contribution in [0.2, 0.25) is 0 Å². The Bertz CT molecular complexity index is 561. The van der Waals surface area contributed by atoms with Gasteiger partial charge in [0.2, 0.25) is 5.96 Å². The summed E-state index contributed by atoms with van der Waals surface area (Å²) in [6.45, 7) is 7.56. The van der Waals surface area contributed by atoms with Gasteiger partial charge in [0.05, 0.1) is 17.1 Å².